The Morgan fingerprint density at radius 3 is 2.77 bits per heavy atom. The van der Waals surface area contributed by atoms with Crippen LogP contribution in [-0.2, 0) is 7.05 Å². The molecule has 5 aromatic heterocycles. The number of aryl methyl sites for hydroxylation is 2. The topological polar surface area (TPSA) is 76.7 Å². The lowest BCUT2D eigenvalue weighted by atomic mass is 10.0. The number of pyridine rings is 2. The third-order valence-electron chi connectivity index (χ3n) is 4.91. The van der Waals surface area contributed by atoms with Crippen LogP contribution in [0.15, 0.2) is 43.1 Å². The van der Waals surface area contributed by atoms with Crippen LogP contribution < -0.4 is 0 Å². The molecular formula is C19H17N7. The maximum atomic E-state index is 4.62. The van der Waals surface area contributed by atoms with Crippen LogP contribution in [0.25, 0.3) is 38.9 Å². The second-order valence-electron chi connectivity index (χ2n) is 6.47. The van der Waals surface area contributed by atoms with Crippen molar-refractivity contribution in [2.75, 3.05) is 0 Å². The number of rotatable bonds is 2. The van der Waals surface area contributed by atoms with Crippen molar-refractivity contribution in [3.8, 4) is 22.3 Å². The van der Waals surface area contributed by atoms with E-state index in [1.165, 1.54) is 0 Å². The maximum absolute atomic E-state index is 4.62. The van der Waals surface area contributed by atoms with Gasteiger partial charge < -0.3 is 4.98 Å². The summed E-state index contributed by atoms with van der Waals surface area (Å²) in [7, 11) is 1.97. The van der Waals surface area contributed by atoms with Crippen LogP contribution in [0.4, 0.5) is 0 Å². The molecule has 128 valence electrons. The van der Waals surface area contributed by atoms with Crippen molar-refractivity contribution in [1.29, 1.82) is 0 Å². The highest BCUT2D eigenvalue weighted by Gasteiger charge is 2.15. The zero-order valence-electron chi connectivity index (χ0n) is 14.7. The van der Waals surface area contributed by atoms with Gasteiger partial charge in [0.2, 0.25) is 0 Å². The summed E-state index contributed by atoms with van der Waals surface area (Å²) in [5.74, 6) is 0. The van der Waals surface area contributed by atoms with Crippen molar-refractivity contribution in [3.05, 3.63) is 54.5 Å². The molecule has 0 amide bonds. The highest BCUT2D eigenvalue weighted by atomic mass is 15.3. The SMILES string of the molecule is Cc1nn(C)c(C)c1-c1cnc2[nH]cc(-c3ccc4ncnn4c3)c2c1. The second-order valence-corrected chi connectivity index (χ2v) is 6.47. The van der Waals surface area contributed by atoms with Crippen molar-refractivity contribution in [2.24, 2.45) is 7.05 Å². The summed E-state index contributed by atoms with van der Waals surface area (Å²) in [6, 6.07) is 6.20. The van der Waals surface area contributed by atoms with E-state index >= 15 is 0 Å². The molecule has 7 heteroatoms. The first kappa shape index (κ1) is 14.8. The van der Waals surface area contributed by atoms with E-state index in [2.05, 4.69) is 44.2 Å². The molecule has 5 rings (SSSR count). The van der Waals surface area contributed by atoms with E-state index in [9.17, 15) is 0 Å². The maximum Gasteiger partial charge on any atom is 0.155 e. The predicted octanol–water partition coefficient (Wildman–Crippen LogP) is 3.29. The summed E-state index contributed by atoms with van der Waals surface area (Å²) in [4.78, 5) is 12.1. The van der Waals surface area contributed by atoms with Gasteiger partial charge in [0.05, 0.1) is 5.69 Å². The number of hydrogen-bond acceptors (Lipinski definition) is 4. The van der Waals surface area contributed by atoms with E-state index in [0.717, 1.165) is 50.3 Å². The van der Waals surface area contributed by atoms with Gasteiger partial charge in [-0.2, -0.15) is 10.2 Å². The summed E-state index contributed by atoms with van der Waals surface area (Å²) in [6.07, 6.45) is 7.43. The van der Waals surface area contributed by atoms with Crippen LogP contribution in [0.1, 0.15) is 11.4 Å². The summed E-state index contributed by atoms with van der Waals surface area (Å²) in [6.45, 7) is 4.11. The van der Waals surface area contributed by atoms with Gasteiger partial charge in [-0.3, -0.25) is 4.68 Å². The Morgan fingerprint density at radius 1 is 1.08 bits per heavy atom. The average molecular weight is 343 g/mol. The zero-order chi connectivity index (χ0) is 17.8. The summed E-state index contributed by atoms with van der Waals surface area (Å²) < 4.78 is 3.69. The van der Waals surface area contributed by atoms with Gasteiger partial charge in [0.25, 0.3) is 0 Å². The quantitative estimate of drug-likeness (QED) is 0.533. The van der Waals surface area contributed by atoms with Crippen LogP contribution in [0.3, 0.4) is 0 Å². The fourth-order valence-electron chi connectivity index (χ4n) is 3.55. The Labute approximate surface area is 149 Å². The molecule has 0 aliphatic carbocycles. The molecule has 7 nitrogen and oxygen atoms in total. The van der Waals surface area contributed by atoms with Crippen LogP contribution >= 0.6 is 0 Å². The third kappa shape index (κ3) is 2.07. The van der Waals surface area contributed by atoms with Gasteiger partial charge in [-0.1, -0.05) is 0 Å². The number of hydrogen-bond donors (Lipinski definition) is 1. The largest absolute Gasteiger partial charge is 0.346 e. The van der Waals surface area contributed by atoms with Crippen molar-refractivity contribution in [2.45, 2.75) is 13.8 Å². The molecule has 0 aromatic carbocycles. The number of fused-ring (bicyclic) bond motifs is 2. The van der Waals surface area contributed by atoms with Crippen molar-refractivity contribution < 1.29 is 0 Å². The van der Waals surface area contributed by atoms with Crippen molar-refractivity contribution in [3.63, 3.8) is 0 Å². The first-order chi connectivity index (χ1) is 12.6. The molecule has 5 aromatic rings. The third-order valence-corrected chi connectivity index (χ3v) is 4.91. The summed E-state index contributed by atoms with van der Waals surface area (Å²) in [5.41, 5.74) is 8.19. The first-order valence-corrected chi connectivity index (χ1v) is 8.39. The smallest absolute Gasteiger partial charge is 0.155 e. The van der Waals surface area contributed by atoms with E-state index in [0.29, 0.717) is 0 Å². The van der Waals surface area contributed by atoms with Gasteiger partial charge in [0.1, 0.15) is 12.0 Å². The van der Waals surface area contributed by atoms with Gasteiger partial charge in [-0.25, -0.2) is 14.5 Å². The molecule has 26 heavy (non-hydrogen) atoms. The minimum atomic E-state index is 0.828. The Morgan fingerprint density at radius 2 is 1.96 bits per heavy atom. The van der Waals surface area contributed by atoms with Crippen molar-refractivity contribution >= 4 is 16.7 Å². The average Bonchev–Trinajstić information content (AvgIpc) is 3.32. The first-order valence-electron chi connectivity index (χ1n) is 8.39. The monoisotopic (exact) mass is 343 g/mol. The Kier molecular flexibility index (Phi) is 3.00. The second kappa shape index (κ2) is 5.26. The molecule has 0 bridgehead atoms. The predicted molar refractivity (Wildman–Crippen MR) is 99.8 cm³/mol. The molecule has 0 aliphatic rings. The fourth-order valence-corrected chi connectivity index (χ4v) is 3.55. The molecule has 0 aliphatic heterocycles. The van der Waals surface area contributed by atoms with Crippen LogP contribution in [0, 0.1) is 13.8 Å². The van der Waals surface area contributed by atoms with Crippen LogP contribution in [0.2, 0.25) is 0 Å². The molecule has 0 spiro atoms. The lowest BCUT2D eigenvalue weighted by Crippen LogP contribution is -1.92. The zero-order valence-corrected chi connectivity index (χ0v) is 14.7. The van der Waals surface area contributed by atoms with E-state index < -0.39 is 0 Å². The highest BCUT2D eigenvalue weighted by Crippen LogP contribution is 2.33. The van der Waals surface area contributed by atoms with Crippen LogP contribution in [0.5, 0.6) is 0 Å². The molecule has 0 radical (unpaired) electrons. The Balaban J connectivity index is 1.72. The molecule has 5 heterocycles. The van der Waals surface area contributed by atoms with Crippen molar-refractivity contribution in [1.82, 2.24) is 34.3 Å². The van der Waals surface area contributed by atoms with Gasteiger partial charge >= 0.3 is 0 Å². The van der Waals surface area contributed by atoms with E-state index in [1.807, 2.05) is 43.3 Å². The standard InChI is InChI=1S/C19H17N7/c1-11-18(12(2)25(3)24-11)14-6-15-16(8-21-19(15)20-7-14)13-4-5-17-22-10-23-26(17)9-13/h4-10H,1-3H3,(H,20,21). The molecule has 0 saturated carbocycles. The normalized spacial score (nSPS) is 11.7. The van der Waals surface area contributed by atoms with Gasteiger partial charge in [0, 0.05) is 59.0 Å². The molecule has 0 saturated heterocycles. The number of nitrogens with zero attached hydrogens (tertiary/aromatic N) is 6. The fraction of sp³-hybridized carbons (Fsp3) is 0.158. The minimum Gasteiger partial charge on any atom is -0.346 e. The number of H-pyrrole nitrogens is 1. The molecule has 0 fully saturated rings. The summed E-state index contributed by atoms with van der Waals surface area (Å²) >= 11 is 0. The van der Waals surface area contributed by atoms with E-state index in [-0.39, 0.29) is 0 Å². The molecule has 0 unspecified atom stereocenters. The molecule has 1 N–H and O–H groups in total. The highest BCUT2D eigenvalue weighted by molar-refractivity contribution is 5.96. The number of aromatic amines is 1. The van der Waals surface area contributed by atoms with Gasteiger partial charge in [-0.15, -0.1) is 0 Å². The molecule has 0 atom stereocenters. The number of nitrogens with one attached hydrogen (secondary N) is 1. The Hall–Kier alpha value is -3.48. The van der Waals surface area contributed by atoms with E-state index in [1.54, 1.807) is 10.8 Å². The van der Waals surface area contributed by atoms with Gasteiger partial charge in [0.15, 0.2) is 5.65 Å². The lowest BCUT2D eigenvalue weighted by molar-refractivity contribution is 0.731. The minimum absolute atomic E-state index is 0.828. The Bertz CT molecular complexity index is 1270. The lowest BCUT2D eigenvalue weighted by Gasteiger charge is -2.04. The van der Waals surface area contributed by atoms with Gasteiger partial charge in [-0.05, 0) is 32.0 Å². The van der Waals surface area contributed by atoms with E-state index in [4.69, 9.17) is 0 Å². The number of aromatic nitrogens is 7. The summed E-state index contributed by atoms with van der Waals surface area (Å²) in [5, 5.41) is 9.83. The van der Waals surface area contributed by atoms with Crippen LogP contribution in [-0.4, -0.2) is 34.3 Å². The molecular weight excluding hydrogens is 326 g/mol.